The molecule has 0 saturated carbocycles. The van der Waals surface area contributed by atoms with Crippen molar-refractivity contribution >= 4 is 11.9 Å². The monoisotopic (exact) mass is 583 g/mol. The number of carbonyl (C=O) groups excluding carboxylic acids is 1. The summed E-state index contributed by atoms with van der Waals surface area (Å²) in [4.78, 5) is 30.5. The molecular formula is C31H41N3O8. The van der Waals surface area contributed by atoms with Gasteiger partial charge in [-0.15, -0.1) is 0 Å². The number of rotatable bonds is 14. The smallest absolute Gasteiger partial charge is 0.308 e. The van der Waals surface area contributed by atoms with Gasteiger partial charge in [-0.05, 0) is 61.6 Å². The molecule has 42 heavy (non-hydrogen) atoms. The minimum absolute atomic E-state index is 0.00714. The van der Waals surface area contributed by atoms with Crippen LogP contribution in [0.15, 0.2) is 30.3 Å². The molecular weight excluding hydrogens is 542 g/mol. The van der Waals surface area contributed by atoms with Gasteiger partial charge in [0.25, 0.3) is 0 Å². The third-order valence-corrected chi connectivity index (χ3v) is 8.43. The van der Waals surface area contributed by atoms with Gasteiger partial charge >= 0.3 is 5.97 Å². The Kier molecular flexibility index (Phi) is 9.58. The molecule has 11 heteroatoms. The van der Waals surface area contributed by atoms with Gasteiger partial charge < -0.3 is 39.4 Å². The highest BCUT2D eigenvalue weighted by atomic mass is 16.7. The minimum Gasteiger partial charge on any atom is -0.493 e. The Bertz CT molecular complexity index is 1260. The normalized spacial score (nSPS) is 20.6. The van der Waals surface area contributed by atoms with Crippen LogP contribution in [0.1, 0.15) is 49.7 Å². The maximum atomic E-state index is 13.7. The van der Waals surface area contributed by atoms with E-state index in [-0.39, 0.29) is 26.0 Å². The summed E-state index contributed by atoms with van der Waals surface area (Å²) in [6, 6.07) is 9.04. The van der Waals surface area contributed by atoms with Gasteiger partial charge in [0.15, 0.2) is 23.0 Å². The van der Waals surface area contributed by atoms with Crippen LogP contribution in [0.4, 0.5) is 0 Å². The van der Waals surface area contributed by atoms with Gasteiger partial charge in [0, 0.05) is 31.6 Å². The van der Waals surface area contributed by atoms with Crippen LogP contribution in [0.5, 0.6) is 28.7 Å². The molecule has 3 aliphatic rings. The molecule has 1 saturated heterocycles. The first-order valence-corrected chi connectivity index (χ1v) is 14.7. The average molecular weight is 584 g/mol. The van der Waals surface area contributed by atoms with Gasteiger partial charge in [-0.2, -0.15) is 0 Å². The van der Waals surface area contributed by atoms with E-state index in [0.717, 1.165) is 30.4 Å². The van der Waals surface area contributed by atoms with Crippen LogP contribution in [0.25, 0.3) is 0 Å². The van der Waals surface area contributed by atoms with E-state index in [9.17, 15) is 14.7 Å². The van der Waals surface area contributed by atoms with E-state index in [1.165, 1.54) is 0 Å². The van der Waals surface area contributed by atoms with E-state index in [4.69, 9.17) is 29.4 Å². The summed E-state index contributed by atoms with van der Waals surface area (Å²) in [5.41, 5.74) is 7.50. The number of amides is 1. The topological polar surface area (TPSA) is 133 Å². The highest BCUT2D eigenvalue weighted by Gasteiger charge is 2.47. The fourth-order valence-corrected chi connectivity index (χ4v) is 6.31. The molecule has 0 spiro atoms. The number of aryl methyl sites for hydroxylation is 1. The number of carboxylic acids is 1. The van der Waals surface area contributed by atoms with Crippen molar-refractivity contribution in [2.75, 3.05) is 53.4 Å². The van der Waals surface area contributed by atoms with E-state index in [0.29, 0.717) is 67.8 Å². The number of unbranched alkanes of at least 4 members (excludes halogenated alkanes) is 1. The summed E-state index contributed by atoms with van der Waals surface area (Å²) in [6.07, 6.45) is 3.70. The number of fused-ring (bicyclic) bond motifs is 2. The molecule has 0 aliphatic carbocycles. The van der Waals surface area contributed by atoms with Crippen LogP contribution >= 0.6 is 0 Å². The highest BCUT2D eigenvalue weighted by molar-refractivity contribution is 5.79. The van der Waals surface area contributed by atoms with E-state index in [1.807, 2.05) is 40.1 Å². The molecule has 3 heterocycles. The first-order valence-electron chi connectivity index (χ1n) is 14.7. The Labute approximate surface area is 246 Å². The zero-order valence-corrected chi connectivity index (χ0v) is 24.4. The molecule has 3 N–H and O–H groups in total. The molecule has 1 amide bonds. The van der Waals surface area contributed by atoms with Crippen LogP contribution in [0.2, 0.25) is 0 Å². The van der Waals surface area contributed by atoms with Crippen LogP contribution in [0, 0.1) is 5.92 Å². The zero-order valence-electron chi connectivity index (χ0n) is 24.4. The first-order chi connectivity index (χ1) is 20.4. The third-order valence-electron chi connectivity index (χ3n) is 8.43. The number of benzene rings is 2. The van der Waals surface area contributed by atoms with Crippen molar-refractivity contribution in [3.05, 3.63) is 41.5 Å². The second-order valence-corrected chi connectivity index (χ2v) is 11.0. The first kappa shape index (κ1) is 29.8. The Hall–Kier alpha value is -3.70. The van der Waals surface area contributed by atoms with Crippen molar-refractivity contribution in [2.24, 2.45) is 11.7 Å². The lowest BCUT2D eigenvalue weighted by molar-refractivity contribution is -0.143. The summed E-state index contributed by atoms with van der Waals surface area (Å²) in [5, 5.41) is 10.6. The highest BCUT2D eigenvalue weighted by Crippen LogP contribution is 2.47. The number of para-hydroxylation sites is 1. The molecule has 0 aromatic heterocycles. The molecule has 2 aromatic carbocycles. The number of hydrogen-bond donors (Lipinski definition) is 2. The molecule has 2 aromatic rings. The molecule has 11 nitrogen and oxygen atoms in total. The Morgan fingerprint density at radius 3 is 2.57 bits per heavy atom. The number of ether oxygens (including phenoxy) is 5. The van der Waals surface area contributed by atoms with E-state index >= 15 is 0 Å². The van der Waals surface area contributed by atoms with Gasteiger partial charge in [-0.1, -0.05) is 25.5 Å². The van der Waals surface area contributed by atoms with Crippen molar-refractivity contribution in [3.8, 4) is 28.7 Å². The average Bonchev–Trinajstić information content (AvgIpc) is 3.74. The molecule has 1 unspecified atom stereocenters. The summed E-state index contributed by atoms with van der Waals surface area (Å²) < 4.78 is 28.0. The zero-order chi connectivity index (χ0) is 29.6. The van der Waals surface area contributed by atoms with Crippen LogP contribution < -0.4 is 29.4 Å². The van der Waals surface area contributed by atoms with Crippen molar-refractivity contribution in [1.82, 2.24) is 9.80 Å². The summed E-state index contributed by atoms with van der Waals surface area (Å²) >= 11 is 0. The number of hydrogen-bond acceptors (Lipinski definition) is 9. The number of aliphatic carboxylic acids is 1. The molecule has 3 atom stereocenters. The Balaban J connectivity index is 1.45. The number of carboxylic acid groups (broad SMARTS) is 1. The maximum absolute atomic E-state index is 13.7. The quantitative estimate of drug-likeness (QED) is 0.342. The standard InChI is InChI=1S/C31H41N3O8/c1-3-4-12-33(13-6-11-32)27(35)17-34-16-22(21-14-25(38-2)30-26(15-21)40-19-42-30)28(31(36)37)23(34)10-9-20-7-5-8-24-29(20)41-18-39-24/h5,7-8,14-15,22-23,28H,3-4,6,9-13,16-19,32H2,1-2H3,(H,36,37)/t22-,23+,28?/m1/s1. The fourth-order valence-electron chi connectivity index (χ4n) is 6.31. The van der Waals surface area contributed by atoms with Crippen molar-refractivity contribution < 1.29 is 38.4 Å². The molecule has 0 radical (unpaired) electrons. The predicted octanol–water partition coefficient (Wildman–Crippen LogP) is 3.23. The summed E-state index contributed by atoms with van der Waals surface area (Å²) in [7, 11) is 1.55. The lowest BCUT2D eigenvalue weighted by Gasteiger charge is -2.30. The largest absolute Gasteiger partial charge is 0.493 e. The second-order valence-electron chi connectivity index (χ2n) is 11.0. The SMILES string of the molecule is CCCCN(CCCN)C(=O)CN1C[C@H](c2cc(OC)c3c(c2)OCO3)C(C(=O)O)[C@@H]1CCc1cccc2c1OCO2. The van der Waals surface area contributed by atoms with Crippen LogP contribution in [0.3, 0.4) is 0 Å². The number of likely N-dealkylation sites (tertiary alicyclic amines) is 1. The van der Waals surface area contributed by atoms with Crippen LogP contribution in [-0.4, -0.2) is 86.2 Å². The molecule has 1 fully saturated rings. The fraction of sp³-hybridized carbons (Fsp3) is 0.548. The molecule has 3 aliphatic heterocycles. The van der Waals surface area contributed by atoms with Gasteiger partial charge in [0.2, 0.25) is 25.2 Å². The maximum Gasteiger partial charge on any atom is 0.308 e. The molecule has 0 bridgehead atoms. The molecule has 228 valence electrons. The van der Waals surface area contributed by atoms with E-state index < -0.39 is 23.8 Å². The van der Waals surface area contributed by atoms with Gasteiger partial charge in [-0.3, -0.25) is 14.5 Å². The number of carbonyl (C=O) groups is 2. The van der Waals surface area contributed by atoms with Crippen molar-refractivity contribution in [3.63, 3.8) is 0 Å². The number of nitrogens with two attached hydrogens (primary N) is 1. The van der Waals surface area contributed by atoms with E-state index in [2.05, 4.69) is 6.92 Å². The third kappa shape index (κ3) is 6.22. The van der Waals surface area contributed by atoms with E-state index in [1.54, 1.807) is 7.11 Å². The lowest BCUT2D eigenvalue weighted by Crippen LogP contribution is -2.45. The van der Waals surface area contributed by atoms with Crippen molar-refractivity contribution in [2.45, 2.75) is 51.0 Å². The van der Waals surface area contributed by atoms with Gasteiger partial charge in [0.05, 0.1) is 19.6 Å². The lowest BCUT2D eigenvalue weighted by atomic mass is 9.83. The van der Waals surface area contributed by atoms with Crippen molar-refractivity contribution in [1.29, 1.82) is 0 Å². The Morgan fingerprint density at radius 1 is 1.07 bits per heavy atom. The molecule has 5 rings (SSSR count). The van der Waals surface area contributed by atoms with Crippen LogP contribution in [-0.2, 0) is 16.0 Å². The van der Waals surface area contributed by atoms with Gasteiger partial charge in [-0.25, -0.2) is 0 Å². The minimum atomic E-state index is -0.902. The summed E-state index contributed by atoms with van der Waals surface area (Å²) in [5.74, 6) is 0.882. The number of methoxy groups -OCH3 is 1. The second kappa shape index (κ2) is 13.5. The van der Waals surface area contributed by atoms with Gasteiger partial charge in [0.1, 0.15) is 0 Å². The predicted molar refractivity (Wildman–Crippen MR) is 154 cm³/mol. The summed E-state index contributed by atoms with van der Waals surface area (Å²) in [6.45, 7) is 4.63. The Morgan fingerprint density at radius 2 is 1.83 bits per heavy atom. The number of nitrogens with zero attached hydrogens (tertiary/aromatic N) is 2.